The largest absolute Gasteiger partial charge is 0.417 e. The molecular weight excluding hydrogens is 461 g/mol. The maximum Gasteiger partial charge on any atom is 0.417 e. The van der Waals surface area contributed by atoms with Gasteiger partial charge in [-0.3, -0.25) is 19.3 Å². The van der Waals surface area contributed by atoms with Crippen LogP contribution >= 0.6 is 27.7 Å². The van der Waals surface area contributed by atoms with Gasteiger partial charge in [0.15, 0.2) is 0 Å². The highest BCUT2D eigenvalue weighted by Crippen LogP contribution is 2.36. The predicted molar refractivity (Wildman–Crippen MR) is 102 cm³/mol. The summed E-state index contributed by atoms with van der Waals surface area (Å²) in [5.41, 5.74) is -0.154. The number of amides is 3. The number of anilines is 1. The van der Waals surface area contributed by atoms with E-state index < -0.39 is 17.6 Å². The lowest BCUT2D eigenvalue weighted by atomic mass is 10.1. The fourth-order valence-electron chi connectivity index (χ4n) is 2.55. The van der Waals surface area contributed by atoms with Gasteiger partial charge in [0.2, 0.25) is 5.91 Å². The Morgan fingerprint density at radius 1 is 1.18 bits per heavy atom. The predicted octanol–water partition coefficient (Wildman–Crippen LogP) is 4.92. The lowest BCUT2D eigenvalue weighted by Crippen LogP contribution is -2.28. The summed E-state index contributed by atoms with van der Waals surface area (Å²) in [6.07, 6.45) is -4.56. The first kappa shape index (κ1) is 20.4. The molecular formula is C18H12BrF3N2O3S. The van der Waals surface area contributed by atoms with Gasteiger partial charge < -0.3 is 5.32 Å². The smallest absolute Gasteiger partial charge is 0.322 e. The van der Waals surface area contributed by atoms with E-state index in [-0.39, 0.29) is 39.2 Å². The lowest BCUT2D eigenvalue weighted by molar-refractivity contribution is -0.138. The highest BCUT2D eigenvalue weighted by Gasteiger charge is 2.33. The highest BCUT2D eigenvalue weighted by molar-refractivity contribution is 9.10. The van der Waals surface area contributed by atoms with Crippen molar-refractivity contribution in [3.63, 3.8) is 0 Å². The number of thioether (sulfide) groups is 1. The standard InChI is InChI=1S/C18H12BrF3N2O3S/c19-14-5-4-12(7-13(14)18(20,21)22)23-16(26)11-3-1-2-10(6-11)8-24-15(25)9-28-17(24)27/h1-7H,8-9H2,(H,23,26). The van der Waals surface area contributed by atoms with Crippen LogP contribution in [0.2, 0.25) is 0 Å². The van der Waals surface area contributed by atoms with Gasteiger partial charge in [0.1, 0.15) is 0 Å². The van der Waals surface area contributed by atoms with E-state index in [0.717, 1.165) is 22.7 Å². The normalized spacial score (nSPS) is 14.5. The van der Waals surface area contributed by atoms with Crippen molar-refractivity contribution in [2.75, 3.05) is 11.1 Å². The molecule has 1 fully saturated rings. The zero-order valence-electron chi connectivity index (χ0n) is 14.0. The molecule has 0 atom stereocenters. The van der Waals surface area contributed by atoms with Crippen molar-refractivity contribution in [2.45, 2.75) is 12.7 Å². The van der Waals surface area contributed by atoms with Crippen LogP contribution in [0.4, 0.5) is 23.7 Å². The van der Waals surface area contributed by atoms with Gasteiger partial charge in [-0.05, 0) is 35.9 Å². The molecule has 1 saturated heterocycles. The van der Waals surface area contributed by atoms with E-state index in [1.165, 1.54) is 24.3 Å². The Morgan fingerprint density at radius 3 is 2.57 bits per heavy atom. The van der Waals surface area contributed by atoms with Gasteiger partial charge in [-0.2, -0.15) is 13.2 Å². The molecule has 146 valence electrons. The number of benzene rings is 2. The highest BCUT2D eigenvalue weighted by atomic mass is 79.9. The number of alkyl halides is 3. The molecule has 0 unspecified atom stereocenters. The van der Waals surface area contributed by atoms with E-state index in [2.05, 4.69) is 21.2 Å². The Labute approximate surface area is 170 Å². The van der Waals surface area contributed by atoms with Gasteiger partial charge >= 0.3 is 6.18 Å². The first-order chi connectivity index (χ1) is 13.1. The zero-order chi connectivity index (χ0) is 20.5. The maximum atomic E-state index is 13.0. The first-order valence-corrected chi connectivity index (χ1v) is 9.67. The van der Waals surface area contributed by atoms with Crippen molar-refractivity contribution >= 4 is 50.4 Å². The number of nitrogens with one attached hydrogen (secondary N) is 1. The third kappa shape index (κ3) is 4.56. The Kier molecular flexibility index (Phi) is 5.80. The third-order valence-corrected chi connectivity index (χ3v) is 5.45. The van der Waals surface area contributed by atoms with Crippen LogP contribution in [-0.2, 0) is 17.5 Å². The molecule has 2 aromatic rings. The third-order valence-electron chi connectivity index (χ3n) is 3.90. The number of halogens is 4. The Balaban J connectivity index is 1.77. The van der Waals surface area contributed by atoms with Crippen molar-refractivity contribution in [3.8, 4) is 0 Å². The summed E-state index contributed by atoms with van der Waals surface area (Å²) in [6.45, 7) is 0.0301. The van der Waals surface area contributed by atoms with Crippen molar-refractivity contribution in [1.29, 1.82) is 0 Å². The minimum absolute atomic E-state index is 0.00720. The fraction of sp³-hybridized carbons (Fsp3) is 0.167. The molecule has 0 spiro atoms. The molecule has 3 amide bonds. The van der Waals surface area contributed by atoms with E-state index in [0.29, 0.717) is 5.56 Å². The summed E-state index contributed by atoms with van der Waals surface area (Å²) in [5, 5.41) is 2.07. The molecule has 0 aliphatic carbocycles. The van der Waals surface area contributed by atoms with Gasteiger partial charge in [-0.15, -0.1) is 0 Å². The summed E-state index contributed by atoms with van der Waals surface area (Å²) in [5.74, 6) is -0.824. The number of hydrogen-bond donors (Lipinski definition) is 1. The van der Waals surface area contributed by atoms with E-state index in [4.69, 9.17) is 0 Å². The van der Waals surface area contributed by atoms with Crippen molar-refractivity contribution in [1.82, 2.24) is 4.90 Å². The second kappa shape index (κ2) is 7.96. The summed E-state index contributed by atoms with van der Waals surface area (Å²) in [4.78, 5) is 36.9. The van der Waals surface area contributed by atoms with Crippen molar-refractivity contribution in [2.24, 2.45) is 0 Å². The van der Waals surface area contributed by atoms with Crippen LogP contribution < -0.4 is 5.32 Å². The molecule has 2 aromatic carbocycles. The second-order valence-corrected chi connectivity index (χ2v) is 7.66. The molecule has 3 rings (SSSR count). The van der Waals surface area contributed by atoms with Crippen LogP contribution in [-0.4, -0.2) is 27.7 Å². The number of carbonyl (C=O) groups excluding carboxylic acids is 3. The molecule has 0 bridgehead atoms. The maximum absolute atomic E-state index is 13.0. The average Bonchev–Trinajstić information content (AvgIpc) is 2.94. The number of nitrogens with zero attached hydrogens (tertiary/aromatic N) is 1. The molecule has 1 N–H and O–H groups in total. The van der Waals surface area contributed by atoms with Crippen molar-refractivity contribution in [3.05, 3.63) is 63.6 Å². The number of hydrogen-bond acceptors (Lipinski definition) is 4. The molecule has 0 saturated carbocycles. The molecule has 1 aliphatic heterocycles. The van der Waals surface area contributed by atoms with E-state index >= 15 is 0 Å². The quantitative estimate of drug-likeness (QED) is 0.685. The molecule has 0 aromatic heterocycles. The Bertz CT molecular complexity index is 949. The van der Waals surface area contributed by atoms with Crippen molar-refractivity contribution < 1.29 is 27.6 Å². The van der Waals surface area contributed by atoms with E-state index in [1.54, 1.807) is 12.1 Å². The van der Waals surface area contributed by atoms with Crippen LogP contribution in [0, 0.1) is 0 Å². The molecule has 5 nitrogen and oxygen atoms in total. The fourth-order valence-corrected chi connectivity index (χ4v) is 3.75. The number of rotatable bonds is 4. The second-order valence-electron chi connectivity index (χ2n) is 5.88. The number of carbonyl (C=O) groups is 3. The minimum atomic E-state index is -4.56. The topological polar surface area (TPSA) is 66.5 Å². The molecule has 28 heavy (non-hydrogen) atoms. The lowest BCUT2D eigenvalue weighted by Gasteiger charge is -2.14. The average molecular weight is 473 g/mol. The monoisotopic (exact) mass is 472 g/mol. The summed E-state index contributed by atoms with van der Waals surface area (Å²) in [6, 6.07) is 9.60. The summed E-state index contributed by atoms with van der Waals surface area (Å²) in [7, 11) is 0. The van der Waals surface area contributed by atoms with Crippen LogP contribution in [0.3, 0.4) is 0 Å². The molecule has 10 heteroatoms. The van der Waals surface area contributed by atoms with Crippen LogP contribution in [0.15, 0.2) is 46.9 Å². The van der Waals surface area contributed by atoms with E-state index in [9.17, 15) is 27.6 Å². The van der Waals surface area contributed by atoms with Gasteiger partial charge in [0.05, 0.1) is 17.9 Å². The van der Waals surface area contributed by atoms with Crippen LogP contribution in [0.1, 0.15) is 21.5 Å². The van der Waals surface area contributed by atoms with Gasteiger partial charge in [0, 0.05) is 15.7 Å². The SMILES string of the molecule is O=C(Nc1ccc(Br)c(C(F)(F)F)c1)c1cccc(CN2C(=O)CSC2=O)c1. The molecule has 0 radical (unpaired) electrons. The van der Waals surface area contributed by atoms with E-state index in [1.807, 2.05) is 0 Å². The summed E-state index contributed by atoms with van der Waals surface area (Å²) < 4.78 is 38.9. The summed E-state index contributed by atoms with van der Waals surface area (Å²) >= 11 is 3.76. The first-order valence-electron chi connectivity index (χ1n) is 7.89. The number of imide groups is 1. The zero-order valence-corrected chi connectivity index (χ0v) is 16.5. The Hall–Kier alpha value is -2.33. The molecule has 1 heterocycles. The minimum Gasteiger partial charge on any atom is -0.322 e. The van der Waals surface area contributed by atoms with Gasteiger partial charge in [-0.1, -0.05) is 39.8 Å². The van der Waals surface area contributed by atoms with Gasteiger partial charge in [-0.25, -0.2) is 0 Å². The molecule has 1 aliphatic rings. The van der Waals surface area contributed by atoms with Gasteiger partial charge in [0.25, 0.3) is 11.1 Å². The van der Waals surface area contributed by atoms with Crippen LogP contribution in [0.5, 0.6) is 0 Å². The Morgan fingerprint density at radius 2 is 1.93 bits per heavy atom. The van der Waals surface area contributed by atoms with Crippen LogP contribution in [0.25, 0.3) is 0 Å².